The lowest BCUT2D eigenvalue weighted by atomic mass is 10.0. The van der Waals surface area contributed by atoms with Crippen molar-refractivity contribution >= 4 is 16.0 Å². The Balaban J connectivity index is 4.95. The van der Waals surface area contributed by atoms with E-state index in [0.717, 1.165) is 0 Å². The molecule has 0 amide bonds. The van der Waals surface area contributed by atoms with Crippen molar-refractivity contribution in [1.29, 1.82) is 0 Å². The smallest absolute Gasteiger partial charge is 0.321 e. The van der Waals surface area contributed by atoms with Gasteiger partial charge in [-0.3, -0.25) is 4.79 Å². The highest BCUT2D eigenvalue weighted by Gasteiger charge is 2.31. The first-order valence-corrected chi connectivity index (χ1v) is 7.75. The second-order valence-corrected chi connectivity index (χ2v) is 7.68. The Bertz CT molecular complexity index is 368. The van der Waals surface area contributed by atoms with Crippen LogP contribution in [0.5, 0.6) is 0 Å². The number of nitrogens with zero attached hydrogens (tertiary/aromatic N) is 1. The fourth-order valence-corrected chi connectivity index (χ4v) is 3.77. The molecule has 0 atom stereocenters. The topological polar surface area (TPSA) is 63.7 Å². The summed E-state index contributed by atoms with van der Waals surface area (Å²) < 4.78 is 30.5. The van der Waals surface area contributed by atoms with Gasteiger partial charge in [-0.05, 0) is 26.2 Å². The second kappa shape index (κ2) is 6.52. The van der Waals surface area contributed by atoms with E-state index in [0.29, 0.717) is 0 Å². The zero-order valence-corrected chi connectivity index (χ0v) is 13.0. The number of hydrogen-bond donors (Lipinski definition) is 0. The summed E-state index contributed by atoms with van der Waals surface area (Å²) in [5, 5.41) is 0. The average molecular weight is 279 g/mol. The van der Waals surface area contributed by atoms with E-state index in [9.17, 15) is 13.2 Å². The van der Waals surface area contributed by atoms with E-state index in [1.807, 2.05) is 20.8 Å². The summed E-state index contributed by atoms with van der Waals surface area (Å²) in [7, 11) is -3.46. The van der Waals surface area contributed by atoms with Crippen LogP contribution in [0.15, 0.2) is 0 Å². The molecule has 0 aliphatic carbocycles. The van der Waals surface area contributed by atoms with Crippen molar-refractivity contribution in [2.24, 2.45) is 5.41 Å². The number of rotatable bonds is 6. The molecule has 0 aromatic heterocycles. The monoisotopic (exact) mass is 279 g/mol. The van der Waals surface area contributed by atoms with Crippen molar-refractivity contribution in [3.63, 3.8) is 0 Å². The second-order valence-electron chi connectivity index (χ2n) is 5.76. The Morgan fingerprint density at radius 3 is 2.11 bits per heavy atom. The third-order valence-electron chi connectivity index (χ3n) is 2.14. The number of ether oxygens (including phenoxy) is 1. The number of carbonyl (C=O) groups excluding carboxylic acids is 1. The van der Waals surface area contributed by atoms with Crippen molar-refractivity contribution in [3.8, 4) is 0 Å². The number of carbonyl (C=O) groups is 1. The zero-order chi connectivity index (χ0) is 14.6. The molecule has 108 valence electrons. The van der Waals surface area contributed by atoms with Gasteiger partial charge in [0.25, 0.3) is 0 Å². The van der Waals surface area contributed by atoms with Gasteiger partial charge in [-0.15, -0.1) is 0 Å². The predicted octanol–water partition coefficient (Wildman–Crippen LogP) is 1.64. The largest absolute Gasteiger partial charge is 0.465 e. The summed E-state index contributed by atoms with van der Waals surface area (Å²) in [6, 6.07) is -0.262. The lowest BCUT2D eigenvalue weighted by Gasteiger charge is -2.28. The maximum Gasteiger partial charge on any atom is 0.321 e. The van der Waals surface area contributed by atoms with Gasteiger partial charge < -0.3 is 4.74 Å². The van der Waals surface area contributed by atoms with E-state index in [1.165, 1.54) is 4.31 Å². The molecule has 5 nitrogen and oxygen atoms in total. The van der Waals surface area contributed by atoms with Crippen LogP contribution < -0.4 is 0 Å². The van der Waals surface area contributed by atoms with Gasteiger partial charge in [-0.25, -0.2) is 8.42 Å². The molecule has 0 fully saturated rings. The van der Waals surface area contributed by atoms with Crippen LogP contribution in [0.25, 0.3) is 0 Å². The Hall–Kier alpha value is -0.620. The van der Waals surface area contributed by atoms with E-state index in [4.69, 9.17) is 4.74 Å². The van der Waals surface area contributed by atoms with E-state index < -0.39 is 16.0 Å². The molecule has 0 aliphatic rings. The summed E-state index contributed by atoms with van der Waals surface area (Å²) in [5.41, 5.74) is -0.347. The van der Waals surface area contributed by atoms with Crippen LogP contribution in [-0.4, -0.2) is 43.6 Å². The predicted molar refractivity (Wildman–Crippen MR) is 71.7 cm³/mol. The molecule has 0 saturated heterocycles. The van der Waals surface area contributed by atoms with Crippen LogP contribution in [0, 0.1) is 5.41 Å². The molecular formula is C12H25NO4S. The molecule has 6 heteroatoms. The Kier molecular flexibility index (Phi) is 6.29. The van der Waals surface area contributed by atoms with Crippen LogP contribution in [0.4, 0.5) is 0 Å². The minimum atomic E-state index is -3.46. The first-order chi connectivity index (χ1) is 7.99. The van der Waals surface area contributed by atoms with Gasteiger partial charge in [0.05, 0.1) is 12.4 Å². The van der Waals surface area contributed by atoms with Crippen LogP contribution in [0.2, 0.25) is 0 Å². The lowest BCUT2D eigenvalue weighted by molar-refractivity contribution is -0.143. The Morgan fingerprint density at radius 1 is 1.28 bits per heavy atom. The van der Waals surface area contributed by atoms with E-state index in [1.54, 1.807) is 20.8 Å². The molecule has 0 aromatic carbocycles. The average Bonchev–Trinajstić information content (AvgIpc) is 2.09. The van der Waals surface area contributed by atoms with Crippen molar-refractivity contribution in [2.75, 3.05) is 18.9 Å². The number of sulfonamides is 1. The fourth-order valence-electron chi connectivity index (χ4n) is 1.57. The quantitative estimate of drug-likeness (QED) is 0.693. The molecule has 0 aromatic rings. The van der Waals surface area contributed by atoms with Crippen molar-refractivity contribution in [2.45, 2.75) is 47.6 Å². The Morgan fingerprint density at radius 2 is 1.78 bits per heavy atom. The molecule has 0 rings (SSSR count). The summed E-state index contributed by atoms with van der Waals surface area (Å²) in [5.74, 6) is -0.499. The highest BCUT2D eigenvalue weighted by Crippen LogP contribution is 2.20. The molecule has 0 saturated carbocycles. The molecule has 0 unspecified atom stereocenters. The molecule has 0 heterocycles. The molecule has 0 aliphatic heterocycles. The van der Waals surface area contributed by atoms with E-state index in [2.05, 4.69) is 0 Å². The van der Waals surface area contributed by atoms with Crippen LogP contribution >= 0.6 is 0 Å². The molecule has 18 heavy (non-hydrogen) atoms. The van der Waals surface area contributed by atoms with Crippen LogP contribution in [0.1, 0.15) is 41.5 Å². The molecule has 0 spiro atoms. The third kappa shape index (κ3) is 6.35. The standard InChI is InChI=1S/C12H25NO4S/c1-7-17-11(14)8-13(10(2)3)18(15,16)9-12(4,5)6/h10H,7-9H2,1-6H3. The summed E-state index contributed by atoms with van der Waals surface area (Å²) in [6.07, 6.45) is 0. The number of esters is 1. The van der Waals surface area contributed by atoms with Crippen LogP contribution in [-0.2, 0) is 19.6 Å². The van der Waals surface area contributed by atoms with Gasteiger partial charge in [0, 0.05) is 6.04 Å². The van der Waals surface area contributed by atoms with Crippen LogP contribution in [0.3, 0.4) is 0 Å². The van der Waals surface area contributed by atoms with Crippen molar-refractivity contribution < 1.29 is 17.9 Å². The fraction of sp³-hybridized carbons (Fsp3) is 0.917. The number of hydrogen-bond acceptors (Lipinski definition) is 4. The minimum absolute atomic E-state index is 0.0115. The van der Waals surface area contributed by atoms with Gasteiger partial charge in [0.15, 0.2) is 0 Å². The van der Waals surface area contributed by atoms with E-state index in [-0.39, 0.29) is 30.4 Å². The first kappa shape index (κ1) is 17.4. The maximum absolute atomic E-state index is 12.2. The molecule has 0 radical (unpaired) electrons. The summed E-state index contributed by atoms with van der Waals surface area (Å²) in [4.78, 5) is 11.4. The highest BCUT2D eigenvalue weighted by atomic mass is 32.2. The summed E-state index contributed by atoms with van der Waals surface area (Å²) in [6.45, 7) is 10.8. The lowest BCUT2D eigenvalue weighted by Crippen LogP contribution is -2.44. The van der Waals surface area contributed by atoms with E-state index >= 15 is 0 Å². The highest BCUT2D eigenvalue weighted by molar-refractivity contribution is 7.89. The minimum Gasteiger partial charge on any atom is -0.465 e. The van der Waals surface area contributed by atoms with Gasteiger partial charge in [0.1, 0.15) is 6.54 Å². The van der Waals surface area contributed by atoms with Gasteiger partial charge >= 0.3 is 5.97 Å². The Labute approximate surface area is 111 Å². The van der Waals surface area contributed by atoms with Crippen molar-refractivity contribution in [1.82, 2.24) is 4.31 Å². The summed E-state index contributed by atoms with van der Waals surface area (Å²) >= 11 is 0. The molecular weight excluding hydrogens is 254 g/mol. The van der Waals surface area contributed by atoms with Gasteiger partial charge in [-0.2, -0.15) is 4.31 Å². The van der Waals surface area contributed by atoms with Gasteiger partial charge in [-0.1, -0.05) is 20.8 Å². The zero-order valence-electron chi connectivity index (χ0n) is 12.2. The van der Waals surface area contributed by atoms with Gasteiger partial charge in [0.2, 0.25) is 10.0 Å². The molecule has 0 bridgehead atoms. The third-order valence-corrected chi connectivity index (χ3v) is 4.64. The van der Waals surface area contributed by atoms with Crippen molar-refractivity contribution in [3.05, 3.63) is 0 Å². The normalized spacial score (nSPS) is 13.1. The molecule has 0 N–H and O–H groups in total. The maximum atomic E-state index is 12.2. The SMILES string of the molecule is CCOC(=O)CN(C(C)C)S(=O)(=O)CC(C)(C)C. The first-order valence-electron chi connectivity index (χ1n) is 6.14.